The molecule has 1 rings (SSSR count). The Bertz CT molecular complexity index is 330. The first-order valence-corrected chi connectivity index (χ1v) is 5.42. The molecule has 3 heteroatoms. The minimum Gasteiger partial charge on any atom is -0.377 e. The molecule has 1 aromatic carbocycles. The summed E-state index contributed by atoms with van der Waals surface area (Å²) in [6, 6.07) is 7.26. The molecule has 0 spiro atoms. The molecule has 0 saturated heterocycles. The summed E-state index contributed by atoms with van der Waals surface area (Å²) in [5.41, 5.74) is 6.60. The molecule has 1 amide bonds. The average molecular weight is 222 g/mol. The van der Waals surface area contributed by atoms with Crippen molar-refractivity contribution in [2.45, 2.75) is 20.8 Å². The van der Waals surface area contributed by atoms with Gasteiger partial charge in [-0.2, -0.15) is 0 Å². The number of anilines is 1. The zero-order chi connectivity index (χ0) is 12.7. The van der Waals surface area contributed by atoms with E-state index in [4.69, 9.17) is 5.73 Å². The van der Waals surface area contributed by atoms with Crippen LogP contribution in [0.3, 0.4) is 0 Å². The van der Waals surface area contributed by atoms with E-state index in [2.05, 4.69) is 20.8 Å². The molecule has 3 nitrogen and oxygen atoms in total. The zero-order valence-corrected chi connectivity index (χ0v) is 10.8. The Hall–Kier alpha value is -1.51. The highest BCUT2D eigenvalue weighted by Gasteiger charge is 2.07. The summed E-state index contributed by atoms with van der Waals surface area (Å²) in [5.74, 6) is 0.444. The van der Waals surface area contributed by atoms with Crippen molar-refractivity contribution in [2.24, 2.45) is 11.7 Å². The maximum atomic E-state index is 10.9. The van der Waals surface area contributed by atoms with Crippen LogP contribution < -0.4 is 10.6 Å². The summed E-state index contributed by atoms with van der Waals surface area (Å²) in [4.78, 5) is 12.8. The van der Waals surface area contributed by atoms with Gasteiger partial charge >= 0.3 is 0 Å². The van der Waals surface area contributed by atoms with Crippen molar-refractivity contribution < 1.29 is 4.79 Å². The Morgan fingerprint density at radius 1 is 1.19 bits per heavy atom. The van der Waals surface area contributed by atoms with Crippen LogP contribution in [0.1, 0.15) is 31.1 Å². The summed E-state index contributed by atoms with van der Waals surface area (Å²) in [7, 11) is 3.75. The fraction of sp³-hybridized carbons (Fsp3) is 0.462. The maximum Gasteiger partial charge on any atom is 0.250 e. The highest BCUT2D eigenvalue weighted by atomic mass is 16.1. The Morgan fingerprint density at radius 2 is 1.62 bits per heavy atom. The molecule has 90 valence electrons. The van der Waals surface area contributed by atoms with Crippen LogP contribution in [0.4, 0.5) is 5.69 Å². The topological polar surface area (TPSA) is 46.3 Å². The molecule has 0 atom stereocenters. The van der Waals surface area contributed by atoms with Gasteiger partial charge in [0.05, 0.1) is 5.56 Å². The van der Waals surface area contributed by atoms with E-state index < -0.39 is 0 Å². The van der Waals surface area contributed by atoms with Crippen molar-refractivity contribution in [1.82, 2.24) is 0 Å². The standard InChI is InChI=1S/C9H12N2O.C4H10/c1-11(2)8-6-4-3-5-7(8)9(10)12;1-4(2)3/h3-6H,1-2H3,(H2,10,12);4H,1-3H3. The summed E-state index contributed by atoms with van der Waals surface area (Å²) in [5, 5.41) is 0. The Morgan fingerprint density at radius 3 is 1.94 bits per heavy atom. The van der Waals surface area contributed by atoms with Gasteiger partial charge in [-0.1, -0.05) is 32.9 Å². The molecule has 0 fully saturated rings. The summed E-state index contributed by atoms with van der Waals surface area (Å²) >= 11 is 0. The van der Waals surface area contributed by atoms with Crippen molar-refractivity contribution in [2.75, 3.05) is 19.0 Å². The van der Waals surface area contributed by atoms with E-state index in [9.17, 15) is 4.79 Å². The van der Waals surface area contributed by atoms with Gasteiger partial charge in [0.15, 0.2) is 0 Å². The lowest BCUT2D eigenvalue weighted by Crippen LogP contribution is -2.18. The monoisotopic (exact) mass is 222 g/mol. The third kappa shape index (κ3) is 5.39. The highest BCUT2D eigenvalue weighted by molar-refractivity contribution is 5.98. The van der Waals surface area contributed by atoms with Gasteiger partial charge in [0.2, 0.25) is 0 Å². The van der Waals surface area contributed by atoms with E-state index >= 15 is 0 Å². The molecule has 16 heavy (non-hydrogen) atoms. The molecule has 0 unspecified atom stereocenters. The van der Waals surface area contributed by atoms with E-state index in [0.29, 0.717) is 5.56 Å². The smallest absolute Gasteiger partial charge is 0.250 e. The molecular weight excluding hydrogens is 200 g/mol. The number of nitrogens with two attached hydrogens (primary N) is 1. The fourth-order valence-corrected chi connectivity index (χ4v) is 1.07. The number of primary amides is 1. The predicted octanol–water partition coefficient (Wildman–Crippen LogP) is 2.51. The second-order valence-corrected chi connectivity index (χ2v) is 4.51. The van der Waals surface area contributed by atoms with E-state index in [1.807, 2.05) is 31.1 Å². The van der Waals surface area contributed by atoms with Crippen LogP contribution in [0.25, 0.3) is 0 Å². The van der Waals surface area contributed by atoms with Crippen LogP contribution >= 0.6 is 0 Å². The first kappa shape index (κ1) is 14.5. The van der Waals surface area contributed by atoms with Gasteiger partial charge in [0.25, 0.3) is 5.91 Å². The van der Waals surface area contributed by atoms with Crippen LogP contribution in [-0.4, -0.2) is 20.0 Å². The summed E-state index contributed by atoms with van der Waals surface area (Å²) in [6.45, 7) is 6.50. The Labute approximate surface area is 98.3 Å². The first-order valence-electron chi connectivity index (χ1n) is 5.42. The average Bonchev–Trinajstić information content (AvgIpc) is 2.16. The van der Waals surface area contributed by atoms with Crippen LogP contribution in [0.2, 0.25) is 0 Å². The number of para-hydroxylation sites is 1. The van der Waals surface area contributed by atoms with Gasteiger partial charge < -0.3 is 10.6 Å². The molecule has 0 aromatic heterocycles. The summed E-state index contributed by atoms with van der Waals surface area (Å²) < 4.78 is 0. The number of rotatable bonds is 2. The van der Waals surface area contributed by atoms with Crippen LogP contribution in [0.15, 0.2) is 24.3 Å². The van der Waals surface area contributed by atoms with Crippen LogP contribution in [0.5, 0.6) is 0 Å². The number of hydrogen-bond acceptors (Lipinski definition) is 2. The normalized spacial score (nSPS) is 9.38. The summed E-state index contributed by atoms with van der Waals surface area (Å²) in [6.07, 6.45) is 0. The van der Waals surface area contributed by atoms with Gasteiger partial charge in [0.1, 0.15) is 0 Å². The Balaban J connectivity index is 0.000000487. The van der Waals surface area contributed by atoms with Crippen molar-refractivity contribution in [3.05, 3.63) is 29.8 Å². The third-order valence-electron chi connectivity index (χ3n) is 1.65. The van der Waals surface area contributed by atoms with Crippen molar-refractivity contribution in [1.29, 1.82) is 0 Å². The molecule has 0 bridgehead atoms. The maximum absolute atomic E-state index is 10.9. The van der Waals surface area contributed by atoms with E-state index in [-0.39, 0.29) is 5.91 Å². The lowest BCUT2D eigenvalue weighted by atomic mass is 10.1. The Kier molecular flexibility index (Phi) is 6.23. The van der Waals surface area contributed by atoms with E-state index in [1.165, 1.54) is 0 Å². The minimum atomic E-state index is -0.390. The first-order chi connectivity index (χ1) is 7.36. The van der Waals surface area contributed by atoms with Crippen molar-refractivity contribution in [3.63, 3.8) is 0 Å². The number of amides is 1. The van der Waals surface area contributed by atoms with Crippen molar-refractivity contribution >= 4 is 11.6 Å². The van der Waals surface area contributed by atoms with E-state index in [0.717, 1.165) is 11.6 Å². The number of carbonyl (C=O) groups is 1. The molecule has 0 aliphatic heterocycles. The van der Waals surface area contributed by atoms with Gasteiger partial charge in [-0.3, -0.25) is 4.79 Å². The number of nitrogens with zero attached hydrogens (tertiary/aromatic N) is 1. The molecular formula is C13H22N2O. The second-order valence-electron chi connectivity index (χ2n) is 4.51. The molecule has 0 saturated carbocycles. The quantitative estimate of drug-likeness (QED) is 0.835. The number of hydrogen-bond donors (Lipinski definition) is 1. The lowest BCUT2D eigenvalue weighted by Gasteiger charge is -2.14. The number of benzene rings is 1. The van der Waals surface area contributed by atoms with Gasteiger partial charge in [-0.05, 0) is 18.1 Å². The molecule has 0 aliphatic carbocycles. The van der Waals surface area contributed by atoms with Gasteiger partial charge in [0, 0.05) is 19.8 Å². The number of carbonyl (C=O) groups excluding carboxylic acids is 1. The minimum absolute atomic E-state index is 0.390. The lowest BCUT2D eigenvalue weighted by molar-refractivity contribution is 0.100. The van der Waals surface area contributed by atoms with Crippen LogP contribution in [-0.2, 0) is 0 Å². The molecule has 0 radical (unpaired) electrons. The third-order valence-corrected chi connectivity index (χ3v) is 1.65. The zero-order valence-electron chi connectivity index (χ0n) is 10.8. The van der Waals surface area contributed by atoms with E-state index in [1.54, 1.807) is 12.1 Å². The SMILES string of the molecule is CC(C)C.CN(C)c1ccccc1C(N)=O. The second kappa shape index (κ2) is 6.88. The molecule has 1 aromatic rings. The molecule has 2 N–H and O–H groups in total. The van der Waals surface area contributed by atoms with Gasteiger partial charge in [-0.25, -0.2) is 0 Å². The van der Waals surface area contributed by atoms with Crippen LogP contribution in [0, 0.1) is 5.92 Å². The predicted molar refractivity (Wildman–Crippen MR) is 69.8 cm³/mol. The molecule has 0 aliphatic rings. The highest BCUT2D eigenvalue weighted by Crippen LogP contribution is 2.16. The van der Waals surface area contributed by atoms with Gasteiger partial charge in [-0.15, -0.1) is 0 Å². The largest absolute Gasteiger partial charge is 0.377 e. The molecule has 0 heterocycles. The van der Waals surface area contributed by atoms with Crippen molar-refractivity contribution in [3.8, 4) is 0 Å². The fourth-order valence-electron chi connectivity index (χ4n) is 1.07.